The van der Waals surface area contributed by atoms with Crippen molar-refractivity contribution in [3.05, 3.63) is 47.0 Å². The van der Waals surface area contributed by atoms with Crippen LogP contribution in [0.25, 0.3) is 11.0 Å². The van der Waals surface area contributed by atoms with Crippen LogP contribution in [-0.2, 0) is 26.1 Å². The van der Waals surface area contributed by atoms with Gasteiger partial charge in [-0.1, -0.05) is 23.4 Å². The smallest absolute Gasteiger partial charge is 0.328 e. The molecule has 1 aliphatic heterocycles. The van der Waals surface area contributed by atoms with Crippen LogP contribution in [0.1, 0.15) is 30.9 Å². The van der Waals surface area contributed by atoms with Gasteiger partial charge in [0.05, 0.1) is 21.7 Å². The molecule has 0 saturated carbocycles. The molecule has 0 saturated heterocycles. The fourth-order valence-corrected chi connectivity index (χ4v) is 6.42. The monoisotopic (exact) mass is 484 g/mol. The molecule has 0 bridgehead atoms. The number of aromatic nitrogens is 2. The summed E-state index contributed by atoms with van der Waals surface area (Å²) in [5.41, 5.74) is 1.21. The van der Waals surface area contributed by atoms with Gasteiger partial charge in [-0.05, 0) is 37.1 Å². The zero-order valence-corrected chi connectivity index (χ0v) is 18.7. The van der Waals surface area contributed by atoms with E-state index in [9.17, 15) is 17.6 Å². The molecule has 1 unspecified atom stereocenters. The van der Waals surface area contributed by atoms with Crippen molar-refractivity contribution in [2.24, 2.45) is 0 Å². The SMILES string of the molecule is CS(=O)(=O)c1ccnc2c1c(Sc1ccc(F)cc1Cl)c1n2CCCC1CC(=O)OO. The molecule has 3 aromatic rings. The maximum atomic E-state index is 13.6. The summed E-state index contributed by atoms with van der Waals surface area (Å²) in [6.07, 6.45) is 3.87. The van der Waals surface area contributed by atoms with Gasteiger partial charge >= 0.3 is 5.97 Å². The Kier molecular flexibility index (Phi) is 5.99. The fraction of sp³-hybridized carbons (Fsp3) is 0.300. The topological polar surface area (TPSA) is 98.5 Å². The number of fused-ring (bicyclic) bond motifs is 3. The molecule has 0 amide bonds. The average Bonchev–Trinajstić information content (AvgIpc) is 3.04. The van der Waals surface area contributed by atoms with Crippen molar-refractivity contribution in [3.8, 4) is 0 Å². The van der Waals surface area contributed by atoms with Crippen molar-refractivity contribution in [2.45, 2.75) is 46.4 Å². The van der Waals surface area contributed by atoms with Gasteiger partial charge in [0, 0.05) is 40.4 Å². The number of carbonyl (C=O) groups excluding carboxylic acids is 1. The van der Waals surface area contributed by atoms with Crippen LogP contribution in [0.4, 0.5) is 4.39 Å². The van der Waals surface area contributed by atoms with Crippen molar-refractivity contribution in [2.75, 3.05) is 6.26 Å². The molecule has 1 aliphatic rings. The van der Waals surface area contributed by atoms with Crippen molar-refractivity contribution in [3.63, 3.8) is 0 Å². The van der Waals surface area contributed by atoms with Gasteiger partial charge in [-0.2, -0.15) is 5.26 Å². The Bertz CT molecular complexity index is 1290. The molecule has 1 N–H and O–H groups in total. The Morgan fingerprint density at radius 2 is 2.19 bits per heavy atom. The van der Waals surface area contributed by atoms with Crippen LogP contribution in [0.3, 0.4) is 0 Å². The van der Waals surface area contributed by atoms with Gasteiger partial charge in [-0.3, -0.25) is 0 Å². The van der Waals surface area contributed by atoms with E-state index < -0.39 is 21.6 Å². The number of halogens is 2. The molecule has 11 heteroatoms. The van der Waals surface area contributed by atoms with E-state index in [-0.39, 0.29) is 22.3 Å². The summed E-state index contributed by atoms with van der Waals surface area (Å²) < 4.78 is 40.6. The minimum absolute atomic E-state index is 0.0776. The van der Waals surface area contributed by atoms with E-state index >= 15 is 0 Å². The summed E-state index contributed by atoms with van der Waals surface area (Å²) in [6.45, 7) is 0.592. The average molecular weight is 485 g/mol. The molecule has 7 nitrogen and oxygen atoms in total. The second-order valence-electron chi connectivity index (χ2n) is 7.33. The third kappa shape index (κ3) is 4.17. The first-order valence-electron chi connectivity index (χ1n) is 9.39. The molecule has 164 valence electrons. The van der Waals surface area contributed by atoms with Crippen LogP contribution in [0.5, 0.6) is 0 Å². The molecule has 0 radical (unpaired) electrons. The number of hydrogen-bond acceptors (Lipinski definition) is 7. The number of nitrogens with zero attached hydrogens (tertiary/aromatic N) is 2. The van der Waals surface area contributed by atoms with Crippen molar-refractivity contribution < 1.29 is 27.7 Å². The minimum Gasteiger partial charge on any atom is -0.328 e. The number of hydrogen-bond donors (Lipinski definition) is 1. The van der Waals surface area contributed by atoms with Crippen LogP contribution in [0.15, 0.2) is 45.1 Å². The zero-order valence-electron chi connectivity index (χ0n) is 16.3. The van der Waals surface area contributed by atoms with Gasteiger partial charge in [-0.15, -0.1) is 0 Å². The van der Waals surface area contributed by atoms with E-state index in [1.165, 1.54) is 42.2 Å². The molecule has 3 heterocycles. The van der Waals surface area contributed by atoms with Crippen LogP contribution in [0, 0.1) is 5.82 Å². The van der Waals surface area contributed by atoms with Crippen molar-refractivity contribution in [1.29, 1.82) is 0 Å². The molecule has 0 spiro atoms. The van der Waals surface area contributed by atoms with Crippen molar-refractivity contribution >= 4 is 50.2 Å². The highest BCUT2D eigenvalue weighted by atomic mass is 35.5. The third-order valence-corrected chi connectivity index (χ3v) is 8.00. The summed E-state index contributed by atoms with van der Waals surface area (Å²) >= 11 is 7.45. The molecular formula is C20H18ClFN2O5S2. The third-order valence-electron chi connectivity index (χ3n) is 5.24. The van der Waals surface area contributed by atoms with Gasteiger partial charge in [-0.25, -0.2) is 22.6 Å². The maximum absolute atomic E-state index is 13.6. The van der Waals surface area contributed by atoms with Gasteiger partial charge in [0.1, 0.15) is 11.5 Å². The van der Waals surface area contributed by atoms with Gasteiger partial charge in [0.2, 0.25) is 0 Å². The molecule has 4 rings (SSSR count). The summed E-state index contributed by atoms with van der Waals surface area (Å²) in [6, 6.07) is 5.42. The van der Waals surface area contributed by atoms with E-state index in [1.807, 2.05) is 4.57 Å². The van der Waals surface area contributed by atoms with Gasteiger partial charge < -0.3 is 9.45 Å². The van der Waals surface area contributed by atoms with Crippen molar-refractivity contribution in [1.82, 2.24) is 9.55 Å². The second-order valence-corrected chi connectivity index (χ2v) is 10.8. The van der Waals surface area contributed by atoms with Gasteiger partial charge in [0.25, 0.3) is 0 Å². The normalized spacial score (nSPS) is 16.3. The Hall–Kier alpha value is -2.14. The van der Waals surface area contributed by atoms with E-state index in [0.717, 1.165) is 18.4 Å². The lowest BCUT2D eigenvalue weighted by molar-refractivity contribution is -0.234. The number of benzene rings is 1. The molecule has 1 aromatic carbocycles. The molecule has 2 aromatic heterocycles. The number of sulfone groups is 1. The number of carbonyl (C=O) groups is 1. The molecule has 0 fully saturated rings. The summed E-state index contributed by atoms with van der Waals surface area (Å²) in [7, 11) is -3.60. The fourth-order valence-electron chi connectivity index (χ4n) is 4.00. The van der Waals surface area contributed by atoms with Crippen LogP contribution >= 0.6 is 23.4 Å². The quantitative estimate of drug-likeness (QED) is 0.415. The largest absolute Gasteiger partial charge is 0.342 e. The van der Waals surface area contributed by atoms with E-state index in [0.29, 0.717) is 33.8 Å². The van der Waals surface area contributed by atoms with Crippen LogP contribution < -0.4 is 0 Å². The minimum atomic E-state index is -3.60. The lowest BCUT2D eigenvalue weighted by Gasteiger charge is -2.25. The lowest BCUT2D eigenvalue weighted by atomic mass is 9.93. The molecular weight excluding hydrogens is 467 g/mol. The first-order chi connectivity index (χ1) is 14.7. The highest BCUT2D eigenvalue weighted by molar-refractivity contribution is 7.99. The summed E-state index contributed by atoms with van der Waals surface area (Å²) in [5, 5.41) is 9.39. The molecule has 0 aliphatic carbocycles. The van der Waals surface area contributed by atoms with Crippen LogP contribution in [-0.4, -0.2) is 35.5 Å². The first kappa shape index (κ1) is 22.1. The molecule has 31 heavy (non-hydrogen) atoms. The lowest BCUT2D eigenvalue weighted by Crippen LogP contribution is -2.19. The summed E-state index contributed by atoms with van der Waals surface area (Å²) in [4.78, 5) is 21.4. The second kappa shape index (κ2) is 8.42. The number of aryl methyl sites for hydroxylation is 1. The Balaban J connectivity index is 2.01. The standard InChI is InChI=1S/C20H18ClFN2O5S2/c1-31(27,28)15-6-7-23-20-17(15)19(30-14-5-4-12(22)10-13(14)21)18-11(9-16(25)29-26)3-2-8-24(18)20/h4-7,10-11,26H,2-3,8-9H2,1H3. The predicted octanol–water partition coefficient (Wildman–Crippen LogP) is 4.67. The maximum Gasteiger partial charge on any atom is 0.342 e. The Morgan fingerprint density at radius 3 is 2.87 bits per heavy atom. The number of pyridine rings is 1. The Morgan fingerprint density at radius 1 is 1.42 bits per heavy atom. The molecule has 1 atom stereocenters. The van der Waals surface area contributed by atoms with E-state index in [2.05, 4.69) is 9.87 Å². The predicted molar refractivity (Wildman–Crippen MR) is 114 cm³/mol. The highest BCUT2D eigenvalue weighted by Crippen LogP contribution is 2.48. The Labute approximate surface area is 187 Å². The van der Waals surface area contributed by atoms with E-state index in [1.54, 1.807) is 0 Å². The number of rotatable bonds is 5. The van der Waals surface area contributed by atoms with Gasteiger partial charge in [0.15, 0.2) is 9.84 Å². The first-order valence-corrected chi connectivity index (χ1v) is 12.5. The highest BCUT2D eigenvalue weighted by Gasteiger charge is 2.33. The van der Waals surface area contributed by atoms with Crippen LogP contribution in [0.2, 0.25) is 5.02 Å². The zero-order chi connectivity index (χ0) is 22.3. The summed E-state index contributed by atoms with van der Waals surface area (Å²) in [5.74, 6) is -1.59. The van der Waals surface area contributed by atoms with E-state index in [4.69, 9.17) is 16.9 Å².